The third kappa shape index (κ3) is 4.60. The molecule has 0 saturated heterocycles. The van der Waals surface area contributed by atoms with Crippen LogP contribution in [0.1, 0.15) is 22.5 Å². The van der Waals surface area contributed by atoms with Crippen LogP contribution in [-0.4, -0.2) is 31.7 Å². The van der Waals surface area contributed by atoms with Gasteiger partial charge < -0.3 is 11.1 Å². The Morgan fingerprint density at radius 1 is 1.15 bits per heavy atom. The minimum absolute atomic E-state index is 0.235. The zero-order valence-electron chi connectivity index (χ0n) is 14.6. The van der Waals surface area contributed by atoms with Gasteiger partial charge in [-0.25, -0.2) is 9.78 Å². The van der Waals surface area contributed by atoms with Gasteiger partial charge in [0.05, 0.1) is 24.1 Å². The quantitative estimate of drug-likeness (QED) is 0.511. The average molecular weight is 362 g/mol. The molecule has 3 heterocycles. The van der Waals surface area contributed by atoms with Gasteiger partial charge in [-0.2, -0.15) is 0 Å². The average Bonchev–Trinajstić information content (AvgIpc) is 2.67. The molecule has 0 unspecified atom stereocenters. The number of carbonyl (C=O) groups excluding carboxylic acids is 1. The van der Waals surface area contributed by atoms with Crippen LogP contribution in [0, 0.1) is 12.3 Å². The molecule has 27 heavy (non-hydrogen) atoms. The molecule has 3 aromatic heterocycles. The summed E-state index contributed by atoms with van der Waals surface area (Å²) in [6.45, 7) is 2.09. The molecule has 3 rings (SSSR count). The van der Waals surface area contributed by atoms with Crippen molar-refractivity contribution >= 4 is 23.2 Å². The summed E-state index contributed by atoms with van der Waals surface area (Å²) in [5, 5.41) is 13.6. The van der Waals surface area contributed by atoms with Gasteiger partial charge >= 0.3 is 6.03 Å². The number of hydrogen-bond donors (Lipinski definition) is 4. The number of nitrogen functional groups attached to an aromatic ring is 1. The van der Waals surface area contributed by atoms with Crippen molar-refractivity contribution in [3.8, 4) is 0 Å². The van der Waals surface area contributed by atoms with Crippen molar-refractivity contribution < 1.29 is 4.79 Å². The first-order chi connectivity index (χ1) is 13.0. The fraction of sp³-hybridized carbons (Fsp3) is 0.111. The van der Waals surface area contributed by atoms with Crippen LogP contribution >= 0.6 is 0 Å². The Labute approximate surface area is 155 Å². The predicted molar refractivity (Wildman–Crippen MR) is 101 cm³/mol. The summed E-state index contributed by atoms with van der Waals surface area (Å²) in [5.74, 6) is 0.284. The zero-order valence-corrected chi connectivity index (χ0v) is 14.6. The highest BCUT2D eigenvalue weighted by molar-refractivity contribution is 6.13. The van der Waals surface area contributed by atoms with Crippen LogP contribution < -0.4 is 16.4 Å². The topological polar surface area (TPSA) is 143 Å². The summed E-state index contributed by atoms with van der Waals surface area (Å²) in [6, 6.07) is 4.61. The number of pyridine rings is 2. The monoisotopic (exact) mass is 362 g/mol. The number of aryl methyl sites for hydroxylation is 1. The molecule has 136 valence electrons. The molecule has 0 aliphatic rings. The summed E-state index contributed by atoms with van der Waals surface area (Å²) < 4.78 is 0. The van der Waals surface area contributed by atoms with E-state index in [1.54, 1.807) is 36.9 Å². The van der Waals surface area contributed by atoms with Gasteiger partial charge in [-0.05, 0) is 19.1 Å². The van der Waals surface area contributed by atoms with E-state index in [4.69, 9.17) is 11.1 Å². The molecule has 0 radical (unpaired) electrons. The molecule has 0 bridgehead atoms. The molecule has 0 aliphatic heterocycles. The van der Waals surface area contributed by atoms with E-state index >= 15 is 0 Å². The minimum Gasteiger partial charge on any atom is -0.398 e. The van der Waals surface area contributed by atoms with Crippen molar-refractivity contribution in [3.63, 3.8) is 0 Å². The summed E-state index contributed by atoms with van der Waals surface area (Å²) in [5.41, 5.74) is 9.25. The van der Waals surface area contributed by atoms with Crippen LogP contribution in [0.3, 0.4) is 0 Å². The van der Waals surface area contributed by atoms with E-state index in [9.17, 15) is 4.79 Å². The lowest BCUT2D eigenvalue weighted by atomic mass is 10.0. The summed E-state index contributed by atoms with van der Waals surface area (Å²) in [6.07, 6.45) is 7.78. The van der Waals surface area contributed by atoms with Crippen molar-refractivity contribution in [2.45, 2.75) is 13.5 Å². The number of aromatic nitrogens is 4. The number of nitrogens with two attached hydrogens (primary N) is 1. The van der Waals surface area contributed by atoms with Crippen molar-refractivity contribution in [2.24, 2.45) is 0 Å². The fourth-order valence-electron chi connectivity index (χ4n) is 2.36. The van der Waals surface area contributed by atoms with Crippen molar-refractivity contribution in [3.05, 3.63) is 71.7 Å². The Balaban J connectivity index is 1.65. The number of nitrogens with one attached hydrogen (secondary N) is 3. The lowest BCUT2D eigenvalue weighted by Crippen LogP contribution is -2.29. The van der Waals surface area contributed by atoms with Crippen LogP contribution in [0.15, 0.2) is 49.2 Å². The van der Waals surface area contributed by atoms with Crippen LogP contribution in [0.4, 0.5) is 16.3 Å². The van der Waals surface area contributed by atoms with Gasteiger partial charge in [-0.3, -0.25) is 25.7 Å². The minimum atomic E-state index is -0.444. The molecule has 0 spiro atoms. The summed E-state index contributed by atoms with van der Waals surface area (Å²) in [4.78, 5) is 28.3. The van der Waals surface area contributed by atoms with Crippen molar-refractivity contribution in [2.75, 3.05) is 11.1 Å². The van der Waals surface area contributed by atoms with E-state index in [2.05, 4.69) is 30.6 Å². The SMILES string of the molecule is Cc1cc(C(=N)c2cnc(NC(=O)NCc3cnccn3)cc2N)ccn1. The Kier molecular flexibility index (Phi) is 5.31. The molecule has 3 aromatic rings. The standard InChI is InChI=1S/C18H18N8O/c1-11-6-12(2-3-22-11)17(20)14-10-24-16(7-15(14)19)26-18(27)25-9-13-8-21-4-5-23-13/h2-8,10,20H,9H2,1H3,(H4,19,24,25,26,27). The smallest absolute Gasteiger partial charge is 0.320 e. The maximum absolute atomic E-state index is 12.0. The first-order valence-corrected chi connectivity index (χ1v) is 8.10. The van der Waals surface area contributed by atoms with E-state index in [0.717, 1.165) is 5.69 Å². The van der Waals surface area contributed by atoms with E-state index in [0.29, 0.717) is 22.5 Å². The second-order valence-corrected chi connectivity index (χ2v) is 5.72. The Bertz CT molecular complexity index is 974. The fourth-order valence-corrected chi connectivity index (χ4v) is 2.36. The lowest BCUT2D eigenvalue weighted by molar-refractivity contribution is 0.251. The van der Waals surface area contributed by atoms with Gasteiger partial charge in [0.15, 0.2) is 0 Å². The molecule has 2 amide bonds. The Morgan fingerprint density at radius 3 is 2.70 bits per heavy atom. The van der Waals surface area contributed by atoms with Gasteiger partial charge in [0.25, 0.3) is 0 Å². The molecule has 0 aromatic carbocycles. The van der Waals surface area contributed by atoms with E-state index in [1.807, 2.05) is 6.92 Å². The van der Waals surface area contributed by atoms with Crippen molar-refractivity contribution in [1.82, 2.24) is 25.3 Å². The summed E-state index contributed by atoms with van der Waals surface area (Å²) >= 11 is 0. The number of anilines is 2. The van der Waals surface area contributed by atoms with Gasteiger partial charge in [0.1, 0.15) is 5.82 Å². The number of nitrogens with zero attached hydrogens (tertiary/aromatic N) is 4. The maximum atomic E-state index is 12.0. The molecular formula is C18H18N8O. The van der Waals surface area contributed by atoms with Gasteiger partial charge in [0, 0.05) is 53.4 Å². The molecule has 0 saturated carbocycles. The van der Waals surface area contributed by atoms with Crippen molar-refractivity contribution in [1.29, 1.82) is 5.41 Å². The van der Waals surface area contributed by atoms with Crippen LogP contribution in [0.2, 0.25) is 0 Å². The number of amides is 2. The van der Waals surface area contributed by atoms with Gasteiger partial charge in [-0.15, -0.1) is 0 Å². The second-order valence-electron chi connectivity index (χ2n) is 5.72. The maximum Gasteiger partial charge on any atom is 0.320 e. The number of urea groups is 1. The van der Waals surface area contributed by atoms with E-state index in [1.165, 1.54) is 12.3 Å². The number of carbonyl (C=O) groups is 1. The summed E-state index contributed by atoms with van der Waals surface area (Å²) in [7, 11) is 0. The van der Waals surface area contributed by atoms with Gasteiger partial charge in [0.2, 0.25) is 0 Å². The first kappa shape index (κ1) is 17.9. The third-order valence-corrected chi connectivity index (χ3v) is 3.68. The number of hydrogen-bond acceptors (Lipinski definition) is 7. The van der Waals surface area contributed by atoms with Crippen LogP contribution in [0.5, 0.6) is 0 Å². The molecule has 9 nitrogen and oxygen atoms in total. The molecular weight excluding hydrogens is 344 g/mol. The Morgan fingerprint density at radius 2 is 2.00 bits per heavy atom. The van der Waals surface area contributed by atoms with Crippen LogP contribution in [-0.2, 0) is 6.54 Å². The Hall–Kier alpha value is -3.88. The molecule has 0 atom stereocenters. The zero-order chi connectivity index (χ0) is 19.2. The highest BCUT2D eigenvalue weighted by Crippen LogP contribution is 2.19. The third-order valence-electron chi connectivity index (χ3n) is 3.68. The molecule has 5 N–H and O–H groups in total. The highest BCUT2D eigenvalue weighted by Gasteiger charge is 2.12. The van der Waals surface area contributed by atoms with E-state index in [-0.39, 0.29) is 18.1 Å². The normalized spacial score (nSPS) is 10.3. The highest BCUT2D eigenvalue weighted by atomic mass is 16.2. The molecule has 9 heteroatoms. The lowest BCUT2D eigenvalue weighted by Gasteiger charge is -2.11. The molecule has 0 fully saturated rings. The molecule has 0 aliphatic carbocycles. The van der Waals surface area contributed by atoms with E-state index < -0.39 is 6.03 Å². The first-order valence-electron chi connectivity index (χ1n) is 8.10. The number of rotatable bonds is 5. The second kappa shape index (κ2) is 8.00. The van der Waals surface area contributed by atoms with Crippen LogP contribution in [0.25, 0.3) is 0 Å². The predicted octanol–water partition coefficient (Wildman–Crippen LogP) is 1.90. The van der Waals surface area contributed by atoms with Gasteiger partial charge in [-0.1, -0.05) is 0 Å². The largest absolute Gasteiger partial charge is 0.398 e.